The van der Waals surface area contributed by atoms with E-state index in [1.54, 1.807) is 19.1 Å². The Morgan fingerprint density at radius 2 is 1.79 bits per heavy atom. The van der Waals surface area contributed by atoms with Gasteiger partial charge in [-0.1, -0.05) is 17.7 Å². The SMILES string of the molecule is CCOC(=O)CN(C(=O)c1ccc(C)cc1)C(C)C. The number of ether oxygens (including phenoxy) is 1. The molecule has 0 aliphatic carbocycles. The van der Waals surface area contributed by atoms with Crippen LogP contribution in [0.1, 0.15) is 36.7 Å². The fourth-order valence-corrected chi connectivity index (χ4v) is 1.70. The summed E-state index contributed by atoms with van der Waals surface area (Å²) in [7, 11) is 0. The number of amides is 1. The van der Waals surface area contributed by atoms with Crippen LogP contribution in [0.25, 0.3) is 0 Å². The Bertz CT molecular complexity index is 437. The lowest BCUT2D eigenvalue weighted by Gasteiger charge is -2.25. The average molecular weight is 263 g/mol. The zero-order valence-corrected chi connectivity index (χ0v) is 12.0. The standard InChI is InChI=1S/C15H21NO3/c1-5-19-14(17)10-16(11(2)3)15(18)13-8-6-12(4)7-9-13/h6-9,11H,5,10H2,1-4H3. The van der Waals surface area contributed by atoms with Crippen LogP contribution in [0.5, 0.6) is 0 Å². The molecular weight excluding hydrogens is 242 g/mol. The maximum Gasteiger partial charge on any atom is 0.325 e. The zero-order chi connectivity index (χ0) is 14.4. The van der Waals surface area contributed by atoms with Crippen LogP contribution >= 0.6 is 0 Å². The van der Waals surface area contributed by atoms with Crippen LogP contribution in [0.3, 0.4) is 0 Å². The summed E-state index contributed by atoms with van der Waals surface area (Å²) in [5, 5.41) is 0. The van der Waals surface area contributed by atoms with Gasteiger partial charge < -0.3 is 9.64 Å². The second-order valence-corrected chi connectivity index (χ2v) is 4.70. The first-order valence-electron chi connectivity index (χ1n) is 6.49. The molecule has 1 aromatic carbocycles. The molecule has 0 saturated carbocycles. The molecule has 0 unspecified atom stereocenters. The Morgan fingerprint density at radius 1 is 1.21 bits per heavy atom. The number of rotatable bonds is 5. The minimum Gasteiger partial charge on any atom is -0.465 e. The third kappa shape index (κ3) is 4.39. The topological polar surface area (TPSA) is 46.6 Å². The van der Waals surface area contributed by atoms with Crippen LogP contribution in [0, 0.1) is 6.92 Å². The zero-order valence-electron chi connectivity index (χ0n) is 12.0. The fraction of sp³-hybridized carbons (Fsp3) is 0.467. The molecule has 0 heterocycles. The quantitative estimate of drug-likeness (QED) is 0.766. The van der Waals surface area contributed by atoms with Crippen molar-refractivity contribution < 1.29 is 14.3 Å². The third-order valence-corrected chi connectivity index (χ3v) is 2.79. The lowest BCUT2D eigenvalue weighted by atomic mass is 10.1. The van der Waals surface area contributed by atoms with Gasteiger partial charge >= 0.3 is 5.97 Å². The van der Waals surface area contributed by atoms with E-state index in [2.05, 4.69) is 0 Å². The number of benzene rings is 1. The predicted octanol–water partition coefficient (Wildman–Crippen LogP) is 2.41. The molecule has 0 aromatic heterocycles. The van der Waals surface area contributed by atoms with Gasteiger partial charge in [0.2, 0.25) is 0 Å². The summed E-state index contributed by atoms with van der Waals surface area (Å²) in [6.07, 6.45) is 0. The van der Waals surface area contributed by atoms with Gasteiger partial charge in [-0.3, -0.25) is 9.59 Å². The largest absolute Gasteiger partial charge is 0.465 e. The van der Waals surface area contributed by atoms with Crippen molar-refractivity contribution in [3.8, 4) is 0 Å². The maximum absolute atomic E-state index is 12.4. The van der Waals surface area contributed by atoms with Crippen molar-refractivity contribution >= 4 is 11.9 Å². The van der Waals surface area contributed by atoms with Gasteiger partial charge in [0, 0.05) is 11.6 Å². The summed E-state index contributed by atoms with van der Waals surface area (Å²) >= 11 is 0. The minimum absolute atomic E-state index is 0.0157. The van der Waals surface area contributed by atoms with Crippen molar-refractivity contribution in [3.05, 3.63) is 35.4 Å². The van der Waals surface area contributed by atoms with E-state index in [0.717, 1.165) is 5.56 Å². The Balaban J connectivity index is 2.84. The molecule has 104 valence electrons. The number of aryl methyl sites for hydroxylation is 1. The monoisotopic (exact) mass is 263 g/mol. The summed E-state index contributed by atoms with van der Waals surface area (Å²) in [6, 6.07) is 7.26. The highest BCUT2D eigenvalue weighted by Gasteiger charge is 2.21. The van der Waals surface area contributed by atoms with Gasteiger partial charge in [-0.05, 0) is 39.8 Å². The molecular formula is C15H21NO3. The molecule has 1 amide bonds. The number of hydrogen-bond donors (Lipinski definition) is 0. The molecule has 4 nitrogen and oxygen atoms in total. The van der Waals surface area contributed by atoms with Crippen molar-refractivity contribution in [1.82, 2.24) is 4.90 Å². The summed E-state index contributed by atoms with van der Waals surface area (Å²) in [4.78, 5) is 25.4. The van der Waals surface area contributed by atoms with Gasteiger partial charge in [0.15, 0.2) is 0 Å². The second-order valence-electron chi connectivity index (χ2n) is 4.70. The second kappa shape index (κ2) is 6.92. The van der Waals surface area contributed by atoms with Crippen molar-refractivity contribution in [2.75, 3.05) is 13.2 Å². The van der Waals surface area contributed by atoms with Gasteiger partial charge in [0.25, 0.3) is 5.91 Å². The van der Waals surface area contributed by atoms with E-state index < -0.39 is 0 Å². The predicted molar refractivity (Wildman–Crippen MR) is 74.0 cm³/mol. The first-order chi connectivity index (χ1) is 8.95. The Hall–Kier alpha value is -1.84. The summed E-state index contributed by atoms with van der Waals surface area (Å²) in [6.45, 7) is 7.78. The summed E-state index contributed by atoms with van der Waals surface area (Å²) in [5.74, 6) is -0.528. The van der Waals surface area contributed by atoms with Gasteiger partial charge in [-0.2, -0.15) is 0 Å². The average Bonchev–Trinajstić information content (AvgIpc) is 2.36. The van der Waals surface area contributed by atoms with Crippen LogP contribution in [-0.2, 0) is 9.53 Å². The van der Waals surface area contributed by atoms with Crippen LogP contribution in [0.2, 0.25) is 0 Å². The van der Waals surface area contributed by atoms with Crippen molar-refractivity contribution in [2.45, 2.75) is 33.7 Å². The Labute approximate surface area is 114 Å². The Morgan fingerprint density at radius 3 is 2.26 bits per heavy atom. The van der Waals surface area contributed by atoms with Crippen LogP contribution in [0.15, 0.2) is 24.3 Å². The lowest BCUT2D eigenvalue weighted by Crippen LogP contribution is -2.41. The first-order valence-corrected chi connectivity index (χ1v) is 6.49. The normalized spacial score (nSPS) is 10.4. The van der Waals surface area contributed by atoms with Crippen LogP contribution in [0.4, 0.5) is 0 Å². The lowest BCUT2D eigenvalue weighted by molar-refractivity contribution is -0.144. The van der Waals surface area contributed by atoms with E-state index in [4.69, 9.17) is 4.74 Å². The molecule has 1 aromatic rings. The highest BCUT2D eigenvalue weighted by Crippen LogP contribution is 2.10. The van der Waals surface area contributed by atoms with Gasteiger partial charge in [0.1, 0.15) is 6.54 Å². The third-order valence-electron chi connectivity index (χ3n) is 2.79. The van der Waals surface area contributed by atoms with Crippen molar-refractivity contribution in [2.24, 2.45) is 0 Å². The van der Waals surface area contributed by atoms with E-state index in [1.807, 2.05) is 32.9 Å². The minimum atomic E-state index is -0.378. The first kappa shape index (κ1) is 15.2. The molecule has 1 rings (SSSR count). The van der Waals surface area contributed by atoms with Gasteiger partial charge in [0.05, 0.1) is 6.61 Å². The molecule has 0 saturated heterocycles. The van der Waals surface area contributed by atoms with Gasteiger partial charge in [-0.25, -0.2) is 0 Å². The van der Waals surface area contributed by atoms with E-state index in [1.165, 1.54) is 4.90 Å². The van der Waals surface area contributed by atoms with Crippen LogP contribution in [-0.4, -0.2) is 36.0 Å². The van der Waals surface area contributed by atoms with Crippen LogP contribution < -0.4 is 0 Å². The van der Waals surface area contributed by atoms with Crippen molar-refractivity contribution in [1.29, 1.82) is 0 Å². The number of carbonyl (C=O) groups excluding carboxylic acids is 2. The molecule has 0 bridgehead atoms. The van der Waals surface area contributed by atoms with E-state index in [0.29, 0.717) is 12.2 Å². The van der Waals surface area contributed by atoms with E-state index in [-0.39, 0.29) is 24.5 Å². The molecule has 0 atom stereocenters. The summed E-state index contributed by atoms with van der Waals surface area (Å²) < 4.78 is 4.89. The number of hydrogen-bond acceptors (Lipinski definition) is 3. The maximum atomic E-state index is 12.4. The number of nitrogens with zero attached hydrogens (tertiary/aromatic N) is 1. The molecule has 0 aliphatic heterocycles. The highest BCUT2D eigenvalue weighted by molar-refractivity contribution is 5.96. The molecule has 0 spiro atoms. The molecule has 4 heteroatoms. The number of esters is 1. The smallest absolute Gasteiger partial charge is 0.325 e. The summed E-state index contributed by atoms with van der Waals surface area (Å²) in [5.41, 5.74) is 1.68. The Kier molecular flexibility index (Phi) is 5.55. The van der Waals surface area contributed by atoms with Crippen molar-refractivity contribution in [3.63, 3.8) is 0 Å². The highest BCUT2D eigenvalue weighted by atomic mass is 16.5. The molecule has 19 heavy (non-hydrogen) atoms. The molecule has 0 aliphatic rings. The fourth-order valence-electron chi connectivity index (χ4n) is 1.70. The van der Waals surface area contributed by atoms with Gasteiger partial charge in [-0.15, -0.1) is 0 Å². The molecule has 0 N–H and O–H groups in total. The van der Waals surface area contributed by atoms with E-state index in [9.17, 15) is 9.59 Å². The molecule has 0 radical (unpaired) electrons. The number of carbonyl (C=O) groups is 2. The molecule has 0 fully saturated rings. The van der Waals surface area contributed by atoms with E-state index >= 15 is 0 Å².